The van der Waals surface area contributed by atoms with Gasteiger partial charge in [-0.25, -0.2) is 4.98 Å². The van der Waals surface area contributed by atoms with E-state index in [2.05, 4.69) is 51.6 Å². The Kier molecular flexibility index (Phi) is 4.37. The molecule has 0 aliphatic carbocycles. The van der Waals surface area contributed by atoms with Crippen LogP contribution in [0.4, 0.5) is 0 Å². The highest BCUT2D eigenvalue weighted by atomic mass is 16.5. The number of nitrogens with zero attached hydrogens (tertiary/aromatic N) is 6. The van der Waals surface area contributed by atoms with Crippen molar-refractivity contribution in [3.05, 3.63) is 29.9 Å². The molecule has 4 heterocycles. The van der Waals surface area contributed by atoms with E-state index in [0.717, 1.165) is 69.6 Å². The summed E-state index contributed by atoms with van der Waals surface area (Å²) in [6.45, 7) is 10.3. The van der Waals surface area contributed by atoms with Gasteiger partial charge in [-0.15, -0.1) is 0 Å². The topological polar surface area (TPSA) is 63.2 Å². The molecule has 2 aliphatic heterocycles. The molecule has 7 heteroatoms. The maximum absolute atomic E-state index is 5.74. The van der Waals surface area contributed by atoms with E-state index in [1.165, 1.54) is 0 Å². The minimum Gasteiger partial charge on any atom is -0.339 e. The van der Waals surface area contributed by atoms with Crippen molar-refractivity contribution in [2.45, 2.75) is 45.2 Å². The van der Waals surface area contributed by atoms with Gasteiger partial charge in [0.2, 0.25) is 5.89 Å². The molecule has 2 fully saturated rings. The monoisotopic (exact) mass is 344 g/mol. The second kappa shape index (κ2) is 6.53. The lowest BCUT2D eigenvalue weighted by atomic mass is 9.72. The van der Waals surface area contributed by atoms with E-state index in [-0.39, 0.29) is 5.41 Å². The molecule has 7 nitrogen and oxygen atoms in total. The molecule has 0 aromatic carbocycles. The number of hydrogen-bond acceptors (Lipinski definition) is 6. The molecule has 0 unspecified atom stereocenters. The zero-order valence-corrected chi connectivity index (χ0v) is 15.5. The van der Waals surface area contributed by atoms with Crippen LogP contribution in [0.1, 0.15) is 37.8 Å². The van der Waals surface area contributed by atoms with Gasteiger partial charge in [-0.2, -0.15) is 4.98 Å². The Morgan fingerprint density at radius 2 is 2.20 bits per heavy atom. The third kappa shape index (κ3) is 2.89. The molecule has 2 aromatic heterocycles. The average Bonchev–Trinajstić information content (AvgIpc) is 3.32. The number of fused-ring (bicyclic) bond motifs is 1. The van der Waals surface area contributed by atoms with Gasteiger partial charge in [-0.3, -0.25) is 4.90 Å². The molecule has 2 aliphatic rings. The molecular formula is C18H28N6O. The molecule has 0 radical (unpaired) electrons. The standard InChI is InChI=1S/C18H28N6O/c1-4-15-20-17(25-21-15)18-6-8-22(3)10-14(18)11-23(13-18)12-16-19-7-9-24(16)5-2/h7,9,14H,4-6,8,10-13H2,1-3H3/t14-,18-/m1/s1. The number of aryl methyl sites for hydroxylation is 2. The van der Waals surface area contributed by atoms with Crippen LogP contribution in [0, 0.1) is 5.92 Å². The molecule has 2 aromatic rings. The average molecular weight is 344 g/mol. The van der Waals surface area contributed by atoms with Crippen molar-refractivity contribution in [2.75, 3.05) is 33.2 Å². The number of likely N-dealkylation sites (tertiary alicyclic amines) is 2. The van der Waals surface area contributed by atoms with Crippen molar-refractivity contribution < 1.29 is 4.52 Å². The first kappa shape index (κ1) is 16.7. The van der Waals surface area contributed by atoms with Crippen molar-refractivity contribution in [3.63, 3.8) is 0 Å². The summed E-state index contributed by atoms with van der Waals surface area (Å²) in [5.41, 5.74) is -0.00341. The van der Waals surface area contributed by atoms with E-state index < -0.39 is 0 Å². The van der Waals surface area contributed by atoms with Crippen LogP contribution >= 0.6 is 0 Å². The van der Waals surface area contributed by atoms with E-state index in [1.54, 1.807) is 0 Å². The zero-order valence-electron chi connectivity index (χ0n) is 15.5. The predicted molar refractivity (Wildman–Crippen MR) is 94.1 cm³/mol. The Hall–Kier alpha value is -1.73. The first-order chi connectivity index (χ1) is 12.1. The zero-order chi connectivity index (χ0) is 17.4. The quantitative estimate of drug-likeness (QED) is 0.820. The summed E-state index contributed by atoms with van der Waals surface area (Å²) in [7, 11) is 2.21. The second-order valence-corrected chi connectivity index (χ2v) is 7.53. The summed E-state index contributed by atoms with van der Waals surface area (Å²) in [6.07, 6.45) is 5.87. The van der Waals surface area contributed by atoms with Gasteiger partial charge >= 0.3 is 0 Å². The van der Waals surface area contributed by atoms with Gasteiger partial charge in [0, 0.05) is 45.0 Å². The van der Waals surface area contributed by atoms with Crippen LogP contribution < -0.4 is 0 Å². The largest absolute Gasteiger partial charge is 0.339 e. The summed E-state index contributed by atoms with van der Waals surface area (Å²) in [6, 6.07) is 0. The molecule has 0 bridgehead atoms. The smallest absolute Gasteiger partial charge is 0.234 e. The number of imidazole rings is 1. The molecule has 0 saturated carbocycles. The third-order valence-corrected chi connectivity index (χ3v) is 5.96. The van der Waals surface area contributed by atoms with Crippen molar-refractivity contribution in [1.29, 1.82) is 0 Å². The molecule has 4 rings (SSSR count). The van der Waals surface area contributed by atoms with Crippen LogP contribution in [-0.4, -0.2) is 62.7 Å². The van der Waals surface area contributed by atoms with Crippen LogP contribution in [0.3, 0.4) is 0 Å². The third-order valence-electron chi connectivity index (χ3n) is 5.96. The highest BCUT2D eigenvalue weighted by molar-refractivity contribution is 5.17. The molecule has 0 spiro atoms. The van der Waals surface area contributed by atoms with Crippen LogP contribution in [0.15, 0.2) is 16.9 Å². The van der Waals surface area contributed by atoms with Crippen molar-refractivity contribution in [1.82, 2.24) is 29.5 Å². The Bertz CT molecular complexity index is 725. The predicted octanol–water partition coefficient (Wildman–Crippen LogP) is 1.55. The Balaban J connectivity index is 1.60. The van der Waals surface area contributed by atoms with Gasteiger partial charge < -0.3 is 14.0 Å². The van der Waals surface area contributed by atoms with Gasteiger partial charge in [0.15, 0.2) is 5.82 Å². The minimum absolute atomic E-state index is 0.00341. The number of aromatic nitrogens is 4. The van der Waals surface area contributed by atoms with E-state index in [4.69, 9.17) is 9.51 Å². The highest BCUT2D eigenvalue weighted by Gasteiger charge is 2.53. The van der Waals surface area contributed by atoms with Crippen LogP contribution in [0.5, 0.6) is 0 Å². The van der Waals surface area contributed by atoms with Gasteiger partial charge in [-0.05, 0) is 32.9 Å². The molecule has 136 valence electrons. The summed E-state index contributed by atoms with van der Waals surface area (Å²) in [5, 5.41) is 4.18. The highest BCUT2D eigenvalue weighted by Crippen LogP contribution is 2.44. The fourth-order valence-corrected chi connectivity index (χ4v) is 4.50. The van der Waals surface area contributed by atoms with Crippen LogP contribution in [0.2, 0.25) is 0 Å². The first-order valence-electron chi connectivity index (χ1n) is 9.38. The van der Waals surface area contributed by atoms with Gasteiger partial charge in [0.25, 0.3) is 0 Å². The van der Waals surface area contributed by atoms with Crippen LogP contribution in [-0.2, 0) is 24.9 Å². The Morgan fingerprint density at radius 1 is 1.32 bits per heavy atom. The summed E-state index contributed by atoms with van der Waals surface area (Å²) >= 11 is 0. The van der Waals surface area contributed by atoms with Crippen molar-refractivity contribution in [3.8, 4) is 0 Å². The van der Waals surface area contributed by atoms with E-state index in [1.807, 2.05) is 6.20 Å². The van der Waals surface area contributed by atoms with Crippen LogP contribution in [0.25, 0.3) is 0 Å². The number of rotatable bonds is 5. The lowest BCUT2D eigenvalue weighted by molar-refractivity contribution is 0.118. The summed E-state index contributed by atoms with van der Waals surface area (Å²) in [5.74, 6) is 3.34. The van der Waals surface area contributed by atoms with Gasteiger partial charge in [0.1, 0.15) is 5.82 Å². The maximum atomic E-state index is 5.74. The molecular weight excluding hydrogens is 316 g/mol. The molecule has 2 atom stereocenters. The molecule has 0 N–H and O–H groups in total. The normalized spacial score (nSPS) is 27.7. The lowest BCUT2D eigenvalue weighted by Crippen LogP contribution is -2.48. The SMILES string of the molecule is CCc1noc([C@@]23CCN(C)C[C@@H]2CN(Cc2nccn2CC)C3)n1. The summed E-state index contributed by atoms with van der Waals surface area (Å²) in [4.78, 5) is 14.2. The maximum Gasteiger partial charge on any atom is 0.234 e. The van der Waals surface area contributed by atoms with Gasteiger partial charge in [-0.1, -0.05) is 12.1 Å². The Morgan fingerprint density at radius 3 is 2.96 bits per heavy atom. The van der Waals surface area contributed by atoms with E-state index in [0.29, 0.717) is 5.92 Å². The fourth-order valence-electron chi connectivity index (χ4n) is 4.50. The van der Waals surface area contributed by atoms with Crippen molar-refractivity contribution in [2.24, 2.45) is 5.92 Å². The summed E-state index contributed by atoms with van der Waals surface area (Å²) < 4.78 is 7.96. The lowest BCUT2D eigenvalue weighted by Gasteiger charge is -2.39. The van der Waals surface area contributed by atoms with E-state index >= 15 is 0 Å². The minimum atomic E-state index is -0.00341. The first-order valence-corrected chi connectivity index (χ1v) is 9.38. The molecule has 0 amide bonds. The molecule has 2 saturated heterocycles. The van der Waals surface area contributed by atoms with E-state index in [9.17, 15) is 0 Å². The van der Waals surface area contributed by atoms with Gasteiger partial charge in [0.05, 0.1) is 12.0 Å². The number of hydrogen-bond donors (Lipinski definition) is 0. The Labute approximate surface area is 149 Å². The fraction of sp³-hybridized carbons (Fsp3) is 0.722. The molecule has 25 heavy (non-hydrogen) atoms. The van der Waals surface area contributed by atoms with Crippen molar-refractivity contribution >= 4 is 0 Å². The number of piperidine rings is 1. The second-order valence-electron chi connectivity index (χ2n) is 7.53.